The Morgan fingerprint density at radius 3 is 2.37 bits per heavy atom. The molecule has 4 nitrogen and oxygen atoms in total. The summed E-state index contributed by atoms with van der Waals surface area (Å²) >= 11 is 0. The van der Waals surface area contributed by atoms with Crippen molar-refractivity contribution in [2.45, 2.75) is 31.0 Å². The predicted molar refractivity (Wildman–Crippen MR) is 73.4 cm³/mol. The lowest BCUT2D eigenvalue weighted by Gasteiger charge is -2.07. The van der Waals surface area contributed by atoms with Crippen molar-refractivity contribution in [3.8, 4) is 0 Å². The van der Waals surface area contributed by atoms with E-state index in [0.29, 0.717) is 16.4 Å². The van der Waals surface area contributed by atoms with Crippen LogP contribution in [-0.2, 0) is 22.1 Å². The third-order valence-electron chi connectivity index (χ3n) is 2.92. The average Bonchev–Trinajstić information content (AvgIpc) is 2.75. The Bertz CT molecular complexity index is 686. The lowest BCUT2D eigenvalue weighted by atomic mass is 10.2. The molecule has 0 aliphatic rings. The van der Waals surface area contributed by atoms with Crippen molar-refractivity contribution in [3.05, 3.63) is 53.0 Å². The number of benzene rings is 1. The van der Waals surface area contributed by atoms with Crippen molar-refractivity contribution in [1.82, 2.24) is 0 Å². The molecule has 0 unspecified atom stereocenters. The number of hydrogen-bond donors (Lipinski definition) is 1. The molecule has 0 fully saturated rings. The van der Waals surface area contributed by atoms with E-state index in [2.05, 4.69) is 0 Å². The van der Waals surface area contributed by atoms with Crippen molar-refractivity contribution in [1.29, 1.82) is 0 Å². The van der Waals surface area contributed by atoms with E-state index in [-0.39, 0.29) is 12.3 Å². The van der Waals surface area contributed by atoms with Crippen molar-refractivity contribution >= 4 is 9.84 Å². The highest BCUT2D eigenvalue weighted by Gasteiger charge is 2.19. The second kappa shape index (κ2) is 5.19. The van der Waals surface area contributed by atoms with Crippen LogP contribution in [0.25, 0.3) is 0 Å². The molecule has 2 aromatic rings. The Balaban J connectivity index is 2.32. The Morgan fingerprint density at radius 1 is 1.11 bits per heavy atom. The first-order chi connectivity index (χ1) is 8.92. The van der Waals surface area contributed by atoms with Crippen LogP contribution in [0.2, 0.25) is 0 Å². The van der Waals surface area contributed by atoms with Gasteiger partial charge in [-0.25, -0.2) is 8.42 Å². The van der Waals surface area contributed by atoms with Crippen LogP contribution in [0, 0.1) is 13.8 Å². The summed E-state index contributed by atoms with van der Waals surface area (Å²) in [5, 5.41) is 0. The largest absolute Gasteiger partial charge is 0.464 e. The maximum atomic E-state index is 12.3. The first kappa shape index (κ1) is 13.8. The molecule has 19 heavy (non-hydrogen) atoms. The van der Waals surface area contributed by atoms with Crippen LogP contribution in [0.15, 0.2) is 39.6 Å². The molecule has 2 N–H and O–H groups in total. The van der Waals surface area contributed by atoms with Gasteiger partial charge in [-0.3, -0.25) is 0 Å². The summed E-state index contributed by atoms with van der Waals surface area (Å²) in [5.41, 5.74) is 7.23. The van der Waals surface area contributed by atoms with Gasteiger partial charge in [0.05, 0.1) is 11.4 Å². The second-order valence-corrected chi connectivity index (χ2v) is 6.56. The fourth-order valence-corrected chi connectivity index (χ4v) is 3.53. The summed E-state index contributed by atoms with van der Waals surface area (Å²) < 4.78 is 30.0. The lowest BCUT2D eigenvalue weighted by Crippen LogP contribution is -2.06. The maximum absolute atomic E-state index is 12.3. The van der Waals surface area contributed by atoms with Gasteiger partial charge in [-0.05, 0) is 37.6 Å². The third kappa shape index (κ3) is 3.05. The molecule has 1 aromatic heterocycles. The van der Waals surface area contributed by atoms with Crippen LogP contribution in [0.4, 0.5) is 0 Å². The van der Waals surface area contributed by atoms with Crippen LogP contribution in [0.3, 0.4) is 0 Å². The fraction of sp³-hybridized carbons (Fsp3) is 0.286. The van der Waals surface area contributed by atoms with E-state index in [1.165, 1.54) is 0 Å². The smallest absolute Gasteiger partial charge is 0.185 e. The van der Waals surface area contributed by atoms with Crippen molar-refractivity contribution in [3.63, 3.8) is 0 Å². The van der Waals surface area contributed by atoms with Gasteiger partial charge in [-0.15, -0.1) is 0 Å². The number of furan rings is 1. The minimum Gasteiger partial charge on any atom is -0.464 e. The molecule has 0 radical (unpaired) electrons. The summed E-state index contributed by atoms with van der Waals surface area (Å²) in [5.74, 6) is 0.864. The normalized spacial score (nSPS) is 11.7. The van der Waals surface area contributed by atoms with Crippen molar-refractivity contribution < 1.29 is 12.8 Å². The number of hydrogen-bond acceptors (Lipinski definition) is 4. The summed E-state index contributed by atoms with van der Waals surface area (Å²) in [6.07, 6.45) is 0. The van der Waals surface area contributed by atoms with Gasteiger partial charge >= 0.3 is 0 Å². The van der Waals surface area contributed by atoms with Crippen LogP contribution < -0.4 is 5.73 Å². The predicted octanol–water partition coefficient (Wildman–Crippen LogP) is 2.33. The number of rotatable bonds is 4. The molecule has 0 saturated heterocycles. The molecule has 1 heterocycles. The summed E-state index contributed by atoms with van der Waals surface area (Å²) in [6.45, 7) is 4.00. The third-order valence-corrected chi connectivity index (χ3v) is 4.71. The topological polar surface area (TPSA) is 73.3 Å². The summed E-state index contributed by atoms with van der Waals surface area (Å²) in [4.78, 5) is 0.351. The zero-order valence-electron chi connectivity index (χ0n) is 11.0. The van der Waals surface area contributed by atoms with Gasteiger partial charge in [0.15, 0.2) is 9.84 Å². The molecule has 0 atom stereocenters. The standard InChI is InChI=1S/C14H17NO3S/c1-10-3-6-14(11(2)7-10)19(16,17)9-13-5-4-12(8-15)18-13/h3-7H,8-9,15H2,1-2H3. The van der Waals surface area contributed by atoms with Crippen LogP contribution >= 0.6 is 0 Å². The van der Waals surface area contributed by atoms with Crippen molar-refractivity contribution in [2.24, 2.45) is 5.73 Å². The summed E-state index contributed by atoms with van der Waals surface area (Å²) in [7, 11) is -3.39. The Kier molecular flexibility index (Phi) is 3.78. The van der Waals surface area contributed by atoms with E-state index in [0.717, 1.165) is 11.1 Å². The molecule has 0 aliphatic heterocycles. The van der Waals surface area contributed by atoms with E-state index in [1.54, 1.807) is 31.2 Å². The number of aryl methyl sites for hydroxylation is 2. The van der Waals surface area contributed by atoms with Gasteiger partial charge < -0.3 is 10.2 Å². The first-order valence-electron chi connectivity index (χ1n) is 6.00. The molecule has 1 aromatic carbocycles. The van der Waals surface area contributed by atoms with Crippen LogP contribution in [-0.4, -0.2) is 8.42 Å². The van der Waals surface area contributed by atoms with Crippen LogP contribution in [0.1, 0.15) is 22.6 Å². The molecular formula is C14H17NO3S. The van der Waals surface area contributed by atoms with E-state index in [9.17, 15) is 8.42 Å². The minimum absolute atomic E-state index is 0.142. The highest BCUT2D eigenvalue weighted by Crippen LogP contribution is 2.22. The maximum Gasteiger partial charge on any atom is 0.185 e. The zero-order chi connectivity index (χ0) is 14.0. The fourth-order valence-electron chi connectivity index (χ4n) is 2.02. The first-order valence-corrected chi connectivity index (χ1v) is 7.65. The quantitative estimate of drug-likeness (QED) is 0.932. The van der Waals surface area contributed by atoms with Gasteiger partial charge in [0.2, 0.25) is 0 Å². The van der Waals surface area contributed by atoms with E-state index < -0.39 is 9.84 Å². The molecule has 5 heteroatoms. The van der Waals surface area contributed by atoms with Gasteiger partial charge in [0.25, 0.3) is 0 Å². The molecule has 0 aliphatic carbocycles. The summed E-state index contributed by atoms with van der Waals surface area (Å²) in [6, 6.07) is 8.66. The van der Waals surface area contributed by atoms with Gasteiger partial charge in [0.1, 0.15) is 17.3 Å². The Hall–Kier alpha value is -1.59. The van der Waals surface area contributed by atoms with E-state index >= 15 is 0 Å². The molecule has 0 spiro atoms. The average molecular weight is 279 g/mol. The molecule has 0 bridgehead atoms. The highest BCUT2D eigenvalue weighted by atomic mass is 32.2. The van der Waals surface area contributed by atoms with Gasteiger partial charge in [-0.1, -0.05) is 17.7 Å². The van der Waals surface area contributed by atoms with Crippen LogP contribution in [0.5, 0.6) is 0 Å². The van der Waals surface area contributed by atoms with Crippen molar-refractivity contribution in [2.75, 3.05) is 0 Å². The van der Waals surface area contributed by atoms with E-state index in [1.807, 2.05) is 13.0 Å². The number of sulfone groups is 1. The monoisotopic (exact) mass is 279 g/mol. The second-order valence-electron chi connectivity index (χ2n) is 4.60. The molecular weight excluding hydrogens is 262 g/mol. The van der Waals surface area contributed by atoms with Gasteiger partial charge in [0, 0.05) is 0 Å². The lowest BCUT2D eigenvalue weighted by molar-refractivity contribution is 0.477. The molecule has 0 amide bonds. The SMILES string of the molecule is Cc1ccc(S(=O)(=O)Cc2ccc(CN)o2)c(C)c1. The molecule has 2 rings (SSSR count). The highest BCUT2D eigenvalue weighted by molar-refractivity contribution is 7.90. The zero-order valence-corrected chi connectivity index (χ0v) is 11.8. The van der Waals surface area contributed by atoms with Gasteiger partial charge in [-0.2, -0.15) is 0 Å². The molecule has 102 valence electrons. The number of nitrogens with two attached hydrogens (primary N) is 1. The Labute approximate surface area is 113 Å². The van der Waals surface area contributed by atoms with E-state index in [4.69, 9.17) is 10.2 Å². The molecule has 0 saturated carbocycles. The Morgan fingerprint density at radius 2 is 1.79 bits per heavy atom. The minimum atomic E-state index is -3.39.